The van der Waals surface area contributed by atoms with Crippen LogP contribution in [-0.2, 0) is 19.1 Å². The molecule has 0 heterocycles. The van der Waals surface area contributed by atoms with Crippen LogP contribution in [0.1, 0.15) is 25.3 Å². The topological polar surface area (TPSA) is 78.6 Å². The maximum Gasteiger partial charge on any atom is 0.325 e. The van der Waals surface area contributed by atoms with E-state index in [0.29, 0.717) is 0 Å². The highest BCUT2D eigenvalue weighted by atomic mass is 19.1. The molecule has 0 unspecified atom stereocenters. The van der Waals surface area contributed by atoms with Crippen LogP contribution in [0.4, 0.5) is 14.5 Å². The van der Waals surface area contributed by atoms with E-state index < -0.39 is 35.1 Å². The number of anilines is 1. The van der Waals surface area contributed by atoms with Gasteiger partial charge in [-0.25, -0.2) is 8.78 Å². The van der Waals surface area contributed by atoms with E-state index in [1.807, 2.05) is 0 Å². The van der Waals surface area contributed by atoms with Crippen LogP contribution >= 0.6 is 0 Å². The Hall–Kier alpha value is -2.18. The molecule has 110 valence electrons. The molecule has 1 aromatic carbocycles. The van der Waals surface area contributed by atoms with Gasteiger partial charge in [-0.3, -0.25) is 9.59 Å². The lowest BCUT2D eigenvalue weighted by Gasteiger charge is -2.16. The van der Waals surface area contributed by atoms with Gasteiger partial charge in [0, 0.05) is 11.3 Å². The molecular weight excluding hydrogens is 272 g/mol. The predicted molar refractivity (Wildman–Crippen MR) is 66.8 cm³/mol. The van der Waals surface area contributed by atoms with Crippen LogP contribution in [0.2, 0.25) is 0 Å². The highest BCUT2D eigenvalue weighted by Crippen LogP contribution is 2.27. The Morgan fingerprint density at radius 2 is 1.50 bits per heavy atom. The van der Waals surface area contributed by atoms with Crippen molar-refractivity contribution in [2.24, 2.45) is 0 Å². The molecule has 0 fully saturated rings. The molecule has 0 aliphatic heterocycles. The lowest BCUT2D eigenvalue weighted by atomic mass is 9.97. The predicted octanol–water partition coefficient (Wildman–Crippen LogP) is 1.76. The molecule has 0 saturated heterocycles. The summed E-state index contributed by atoms with van der Waals surface area (Å²) in [7, 11) is 0. The first-order valence-electron chi connectivity index (χ1n) is 6.00. The zero-order valence-corrected chi connectivity index (χ0v) is 11.1. The molecule has 20 heavy (non-hydrogen) atoms. The summed E-state index contributed by atoms with van der Waals surface area (Å²) < 4.78 is 37.0. The van der Waals surface area contributed by atoms with Crippen molar-refractivity contribution in [3.63, 3.8) is 0 Å². The zero-order valence-electron chi connectivity index (χ0n) is 11.1. The average molecular weight is 287 g/mol. The first-order valence-corrected chi connectivity index (χ1v) is 6.00. The summed E-state index contributed by atoms with van der Waals surface area (Å²) >= 11 is 0. The van der Waals surface area contributed by atoms with E-state index in [2.05, 4.69) is 9.47 Å². The highest BCUT2D eigenvalue weighted by Gasteiger charge is 2.36. The molecule has 0 aliphatic rings. The second-order valence-electron chi connectivity index (χ2n) is 3.84. The SMILES string of the molecule is CCOC(=O)C(C(=O)OCC)c1c(F)cc(N)cc1F. The molecule has 1 aromatic rings. The van der Waals surface area contributed by atoms with E-state index >= 15 is 0 Å². The number of hydrogen-bond donors (Lipinski definition) is 1. The Bertz CT molecular complexity index is 478. The van der Waals surface area contributed by atoms with Crippen LogP contribution in [0, 0.1) is 11.6 Å². The maximum atomic E-state index is 13.8. The van der Waals surface area contributed by atoms with E-state index in [1.165, 1.54) is 13.8 Å². The molecule has 0 bridgehead atoms. The standard InChI is InChI=1S/C13H15F2NO4/c1-3-19-12(17)11(13(18)20-4-2)10-8(14)5-7(16)6-9(10)15/h5-6,11H,3-4,16H2,1-2H3. The third kappa shape index (κ3) is 3.43. The number of esters is 2. The van der Waals surface area contributed by atoms with Crippen molar-refractivity contribution in [2.75, 3.05) is 18.9 Å². The normalized spacial score (nSPS) is 10.4. The molecule has 2 N–H and O–H groups in total. The summed E-state index contributed by atoms with van der Waals surface area (Å²) in [5.74, 6) is -6.17. The van der Waals surface area contributed by atoms with E-state index in [9.17, 15) is 18.4 Å². The summed E-state index contributed by atoms with van der Waals surface area (Å²) in [4.78, 5) is 23.5. The fourth-order valence-corrected chi connectivity index (χ4v) is 1.66. The van der Waals surface area contributed by atoms with Gasteiger partial charge in [0.25, 0.3) is 0 Å². The fraction of sp³-hybridized carbons (Fsp3) is 0.385. The number of halogens is 2. The maximum absolute atomic E-state index is 13.8. The molecule has 5 nitrogen and oxygen atoms in total. The molecule has 0 amide bonds. The second-order valence-corrected chi connectivity index (χ2v) is 3.84. The summed E-state index contributed by atoms with van der Waals surface area (Å²) in [6, 6.07) is 1.65. The fourth-order valence-electron chi connectivity index (χ4n) is 1.66. The zero-order chi connectivity index (χ0) is 15.3. The molecule has 0 saturated carbocycles. The number of carbonyl (C=O) groups is 2. The van der Waals surface area contributed by atoms with E-state index in [1.54, 1.807) is 0 Å². The third-order valence-electron chi connectivity index (χ3n) is 2.43. The molecule has 0 radical (unpaired) electrons. The van der Waals surface area contributed by atoms with Crippen LogP contribution in [0.3, 0.4) is 0 Å². The molecule has 1 rings (SSSR count). The number of benzene rings is 1. The van der Waals surface area contributed by atoms with Crippen LogP contribution in [0.5, 0.6) is 0 Å². The van der Waals surface area contributed by atoms with Gasteiger partial charge in [-0.1, -0.05) is 0 Å². The second kappa shape index (κ2) is 6.83. The Balaban J connectivity index is 3.30. The lowest BCUT2D eigenvalue weighted by Crippen LogP contribution is -2.28. The van der Waals surface area contributed by atoms with Crippen molar-refractivity contribution in [1.82, 2.24) is 0 Å². The average Bonchev–Trinajstić information content (AvgIpc) is 2.33. The van der Waals surface area contributed by atoms with Crippen LogP contribution < -0.4 is 5.73 Å². The van der Waals surface area contributed by atoms with Crippen molar-refractivity contribution in [1.29, 1.82) is 0 Å². The highest BCUT2D eigenvalue weighted by molar-refractivity contribution is 6.01. The van der Waals surface area contributed by atoms with Gasteiger partial charge in [-0.05, 0) is 26.0 Å². The van der Waals surface area contributed by atoms with Crippen LogP contribution in [-0.4, -0.2) is 25.2 Å². The van der Waals surface area contributed by atoms with Gasteiger partial charge in [0.1, 0.15) is 11.6 Å². The van der Waals surface area contributed by atoms with Gasteiger partial charge >= 0.3 is 11.9 Å². The minimum Gasteiger partial charge on any atom is -0.465 e. The Kier molecular flexibility index (Phi) is 5.42. The van der Waals surface area contributed by atoms with Crippen molar-refractivity contribution in [3.8, 4) is 0 Å². The Labute approximate surface area is 114 Å². The van der Waals surface area contributed by atoms with Crippen molar-refractivity contribution >= 4 is 17.6 Å². The Morgan fingerprint density at radius 1 is 1.10 bits per heavy atom. The molecule has 0 aromatic heterocycles. The van der Waals surface area contributed by atoms with Crippen molar-refractivity contribution in [2.45, 2.75) is 19.8 Å². The number of hydrogen-bond acceptors (Lipinski definition) is 5. The van der Waals surface area contributed by atoms with Gasteiger partial charge in [0.15, 0.2) is 5.92 Å². The smallest absolute Gasteiger partial charge is 0.325 e. The van der Waals surface area contributed by atoms with Crippen LogP contribution in [0.25, 0.3) is 0 Å². The van der Waals surface area contributed by atoms with E-state index in [0.717, 1.165) is 12.1 Å². The number of ether oxygens (including phenoxy) is 2. The molecule has 0 spiro atoms. The molecule has 0 atom stereocenters. The van der Waals surface area contributed by atoms with Gasteiger partial charge < -0.3 is 15.2 Å². The first-order chi connectivity index (χ1) is 9.42. The molecule has 0 aliphatic carbocycles. The first kappa shape index (κ1) is 15.9. The minimum absolute atomic E-state index is 0.0348. The number of carbonyl (C=O) groups excluding carboxylic acids is 2. The molecule has 7 heteroatoms. The quantitative estimate of drug-likeness (QED) is 0.507. The number of nitrogen functional groups attached to an aromatic ring is 1. The van der Waals surface area contributed by atoms with Crippen LogP contribution in [0.15, 0.2) is 12.1 Å². The summed E-state index contributed by atoms with van der Waals surface area (Å²) in [6.45, 7) is 2.95. The summed E-state index contributed by atoms with van der Waals surface area (Å²) in [5.41, 5.74) is 4.40. The van der Waals surface area contributed by atoms with Gasteiger partial charge in [0.2, 0.25) is 0 Å². The van der Waals surface area contributed by atoms with Gasteiger partial charge in [0.05, 0.1) is 13.2 Å². The Morgan fingerprint density at radius 3 is 1.85 bits per heavy atom. The van der Waals surface area contributed by atoms with E-state index in [4.69, 9.17) is 5.73 Å². The van der Waals surface area contributed by atoms with Gasteiger partial charge in [-0.2, -0.15) is 0 Å². The lowest BCUT2D eigenvalue weighted by molar-refractivity contribution is -0.157. The number of nitrogens with two attached hydrogens (primary N) is 1. The largest absolute Gasteiger partial charge is 0.465 e. The summed E-state index contributed by atoms with van der Waals surface area (Å²) in [5, 5.41) is 0. The van der Waals surface area contributed by atoms with Crippen molar-refractivity contribution < 1.29 is 27.8 Å². The minimum atomic E-state index is -1.81. The van der Waals surface area contributed by atoms with Crippen molar-refractivity contribution in [3.05, 3.63) is 29.3 Å². The van der Waals surface area contributed by atoms with E-state index in [-0.39, 0.29) is 18.9 Å². The summed E-state index contributed by atoms with van der Waals surface area (Å²) in [6.07, 6.45) is 0. The molecular formula is C13H15F2NO4. The monoisotopic (exact) mass is 287 g/mol. The third-order valence-corrected chi connectivity index (χ3v) is 2.43. The number of rotatable bonds is 5. The van der Waals surface area contributed by atoms with Gasteiger partial charge in [-0.15, -0.1) is 0 Å².